The second kappa shape index (κ2) is 10.3. The van der Waals surface area contributed by atoms with Gasteiger partial charge in [-0.05, 0) is 62.7 Å². The van der Waals surface area contributed by atoms with Crippen molar-refractivity contribution in [3.8, 4) is 11.5 Å². The Hall–Kier alpha value is -1.08. The quantitative estimate of drug-likeness (QED) is 0.646. The second-order valence-electron chi connectivity index (χ2n) is 7.00. The van der Waals surface area contributed by atoms with E-state index in [9.17, 15) is 0 Å². The monoisotopic (exact) mass is 394 g/mol. The van der Waals surface area contributed by atoms with Crippen molar-refractivity contribution in [2.45, 2.75) is 38.8 Å². The summed E-state index contributed by atoms with van der Waals surface area (Å²) in [5, 5.41) is 4.28. The lowest BCUT2D eigenvalue weighted by molar-refractivity contribution is 0.239. The summed E-state index contributed by atoms with van der Waals surface area (Å²) in [5.74, 6) is 2.14. The molecule has 1 aliphatic rings. The lowest BCUT2D eigenvalue weighted by Gasteiger charge is -2.22. The molecule has 0 bridgehead atoms. The van der Waals surface area contributed by atoms with Crippen molar-refractivity contribution in [3.63, 3.8) is 0 Å². The third kappa shape index (κ3) is 5.98. The molecule has 0 amide bonds. The van der Waals surface area contributed by atoms with E-state index in [4.69, 9.17) is 9.47 Å². The predicted octanol–water partition coefficient (Wildman–Crippen LogP) is 4.71. The molecule has 0 N–H and O–H groups in total. The molecule has 2 aromatic heterocycles. The van der Waals surface area contributed by atoms with E-state index < -0.39 is 0 Å². The number of ether oxygens (including phenoxy) is 2. The summed E-state index contributed by atoms with van der Waals surface area (Å²) in [4.78, 5) is 7.43. The largest absolute Gasteiger partial charge is 0.492 e. The highest BCUT2D eigenvalue weighted by molar-refractivity contribution is 7.10. The highest BCUT2D eigenvalue weighted by Crippen LogP contribution is 2.28. The molecule has 0 spiro atoms. The molecule has 0 radical (unpaired) electrons. The Bertz CT molecular complexity index is 600. The molecule has 0 unspecified atom stereocenters. The van der Waals surface area contributed by atoms with Gasteiger partial charge in [-0.1, -0.05) is 0 Å². The Morgan fingerprint density at radius 1 is 0.731 bits per heavy atom. The van der Waals surface area contributed by atoms with E-state index in [0.717, 1.165) is 63.7 Å². The minimum Gasteiger partial charge on any atom is -0.492 e. The minimum absolute atomic E-state index is 0.811. The van der Waals surface area contributed by atoms with Crippen molar-refractivity contribution < 1.29 is 9.47 Å². The van der Waals surface area contributed by atoms with E-state index in [0.29, 0.717) is 0 Å². The molecule has 0 saturated carbocycles. The number of hydrogen-bond donors (Lipinski definition) is 0. The van der Waals surface area contributed by atoms with Crippen LogP contribution in [0.15, 0.2) is 22.9 Å². The number of likely N-dealkylation sites (N-methyl/N-ethyl adjacent to an activating group) is 2. The summed E-state index contributed by atoms with van der Waals surface area (Å²) in [5.41, 5.74) is 0. The molecule has 144 valence electrons. The third-order valence-corrected chi connectivity index (χ3v) is 6.43. The molecule has 0 saturated heterocycles. The standard InChI is InChI=1S/C20H30N2O2S2/c1-21-9-10-22(2)16-20-18(8-14-26-20)24-12-6-4-3-5-11-23-17-7-13-25-19(17)15-21/h7-8,13-14H,3-6,9-12,15-16H2,1-2H3. The van der Waals surface area contributed by atoms with Crippen LogP contribution in [0.4, 0.5) is 0 Å². The molecule has 2 aromatic rings. The van der Waals surface area contributed by atoms with E-state index in [1.807, 2.05) is 0 Å². The molecule has 26 heavy (non-hydrogen) atoms. The number of fused-ring (bicyclic) bond motifs is 2. The summed E-state index contributed by atoms with van der Waals surface area (Å²) in [7, 11) is 4.38. The maximum atomic E-state index is 6.02. The zero-order valence-corrected chi connectivity index (χ0v) is 17.5. The topological polar surface area (TPSA) is 24.9 Å². The highest BCUT2D eigenvalue weighted by atomic mass is 32.1. The molecular formula is C20H30N2O2S2. The van der Waals surface area contributed by atoms with Gasteiger partial charge < -0.3 is 9.47 Å². The summed E-state index contributed by atoms with van der Waals surface area (Å²) in [6.45, 7) is 5.60. The molecular weight excluding hydrogens is 364 g/mol. The van der Waals surface area contributed by atoms with E-state index in [1.54, 1.807) is 22.7 Å². The lowest BCUT2D eigenvalue weighted by Crippen LogP contribution is -2.30. The van der Waals surface area contributed by atoms with Crippen LogP contribution in [0.3, 0.4) is 0 Å². The van der Waals surface area contributed by atoms with Crippen LogP contribution in [0.1, 0.15) is 35.4 Å². The first-order valence-electron chi connectivity index (χ1n) is 9.48. The maximum absolute atomic E-state index is 6.02. The molecule has 0 atom stereocenters. The Morgan fingerprint density at radius 2 is 1.19 bits per heavy atom. The summed E-state index contributed by atoms with van der Waals surface area (Å²) in [6.07, 6.45) is 4.61. The SMILES string of the molecule is CN1CCN(C)Cc2sccc2OCCCCCCOc2ccsc2C1. The van der Waals surface area contributed by atoms with Crippen LogP contribution in [0.25, 0.3) is 0 Å². The van der Waals surface area contributed by atoms with Crippen LogP contribution in [0.5, 0.6) is 11.5 Å². The molecule has 6 heteroatoms. The number of hydrogen-bond acceptors (Lipinski definition) is 6. The van der Waals surface area contributed by atoms with Crippen LogP contribution in [0, 0.1) is 0 Å². The fraction of sp³-hybridized carbons (Fsp3) is 0.600. The van der Waals surface area contributed by atoms with Gasteiger partial charge in [0.2, 0.25) is 0 Å². The van der Waals surface area contributed by atoms with Gasteiger partial charge in [0.15, 0.2) is 0 Å². The van der Waals surface area contributed by atoms with E-state index in [1.165, 1.54) is 22.6 Å². The van der Waals surface area contributed by atoms with E-state index in [2.05, 4.69) is 46.8 Å². The van der Waals surface area contributed by atoms with Gasteiger partial charge in [-0.15, -0.1) is 22.7 Å². The van der Waals surface area contributed by atoms with E-state index in [-0.39, 0.29) is 0 Å². The fourth-order valence-electron chi connectivity index (χ4n) is 3.06. The average molecular weight is 395 g/mol. The lowest BCUT2D eigenvalue weighted by atomic mass is 10.2. The van der Waals surface area contributed by atoms with Gasteiger partial charge in [-0.25, -0.2) is 0 Å². The summed E-state index contributed by atoms with van der Waals surface area (Å²) >= 11 is 3.60. The fourth-order valence-corrected chi connectivity index (χ4v) is 4.85. The molecule has 0 fully saturated rings. The van der Waals surface area contributed by atoms with Crippen molar-refractivity contribution in [2.24, 2.45) is 0 Å². The van der Waals surface area contributed by atoms with Gasteiger partial charge >= 0.3 is 0 Å². The van der Waals surface area contributed by atoms with Crippen molar-refractivity contribution in [2.75, 3.05) is 40.4 Å². The first-order chi connectivity index (χ1) is 12.7. The van der Waals surface area contributed by atoms with Crippen molar-refractivity contribution >= 4 is 22.7 Å². The molecule has 4 nitrogen and oxygen atoms in total. The third-order valence-electron chi connectivity index (χ3n) is 4.65. The zero-order chi connectivity index (χ0) is 18.2. The van der Waals surface area contributed by atoms with E-state index >= 15 is 0 Å². The second-order valence-corrected chi connectivity index (χ2v) is 9.00. The van der Waals surface area contributed by atoms with Gasteiger partial charge in [0.05, 0.1) is 23.0 Å². The van der Waals surface area contributed by atoms with Gasteiger partial charge in [-0.2, -0.15) is 0 Å². The Kier molecular flexibility index (Phi) is 7.80. The van der Waals surface area contributed by atoms with Crippen molar-refractivity contribution in [3.05, 3.63) is 32.6 Å². The summed E-state index contributed by atoms with van der Waals surface area (Å²) < 4.78 is 12.0. The molecule has 1 aliphatic heterocycles. The first kappa shape index (κ1) is 19.7. The molecule has 3 rings (SSSR count). The van der Waals surface area contributed by atoms with Crippen LogP contribution in [-0.2, 0) is 13.1 Å². The zero-order valence-electron chi connectivity index (χ0n) is 15.9. The van der Waals surface area contributed by atoms with Gasteiger partial charge in [0.1, 0.15) is 11.5 Å². The van der Waals surface area contributed by atoms with Crippen molar-refractivity contribution in [1.29, 1.82) is 0 Å². The van der Waals surface area contributed by atoms with Gasteiger partial charge in [0.25, 0.3) is 0 Å². The molecule has 0 aromatic carbocycles. The van der Waals surface area contributed by atoms with Crippen LogP contribution >= 0.6 is 22.7 Å². The van der Waals surface area contributed by atoms with Crippen molar-refractivity contribution in [1.82, 2.24) is 9.80 Å². The number of nitrogens with zero attached hydrogens (tertiary/aromatic N) is 2. The number of thiophene rings is 2. The smallest absolute Gasteiger partial charge is 0.134 e. The Morgan fingerprint density at radius 3 is 1.65 bits per heavy atom. The summed E-state index contributed by atoms with van der Waals surface area (Å²) in [6, 6.07) is 4.23. The highest BCUT2D eigenvalue weighted by Gasteiger charge is 2.12. The van der Waals surface area contributed by atoms with Crippen LogP contribution < -0.4 is 9.47 Å². The minimum atomic E-state index is 0.811. The Labute approximate surface area is 165 Å². The van der Waals surface area contributed by atoms with Gasteiger partial charge in [-0.3, -0.25) is 9.80 Å². The van der Waals surface area contributed by atoms with Crippen LogP contribution in [0.2, 0.25) is 0 Å². The number of rotatable bonds is 0. The molecule has 3 heterocycles. The molecule has 0 aliphatic carbocycles. The maximum Gasteiger partial charge on any atom is 0.134 e. The van der Waals surface area contributed by atoms with Crippen LogP contribution in [-0.4, -0.2) is 50.2 Å². The first-order valence-corrected chi connectivity index (χ1v) is 11.2. The van der Waals surface area contributed by atoms with Gasteiger partial charge in [0, 0.05) is 26.2 Å². The average Bonchev–Trinajstić information content (AvgIpc) is 3.24. The predicted molar refractivity (Wildman–Crippen MR) is 111 cm³/mol. The Balaban J connectivity index is 1.61. The normalized spacial score (nSPS) is 19.5.